The number of carbonyl (C=O) groups is 2. The molecule has 2 aromatic carbocycles. The minimum atomic E-state index is -4.48. The zero-order chi connectivity index (χ0) is 24.1. The third-order valence-corrected chi connectivity index (χ3v) is 6.63. The Morgan fingerprint density at radius 2 is 1.85 bits per heavy atom. The molecule has 0 bridgehead atoms. The van der Waals surface area contributed by atoms with Gasteiger partial charge in [0.15, 0.2) is 0 Å². The van der Waals surface area contributed by atoms with Crippen LogP contribution >= 0.6 is 0 Å². The topological polar surface area (TPSA) is 52.7 Å². The van der Waals surface area contributed by atoms with E-state index in [1.165, 1.54) is 11.6 Å². The maximum Gasteiger partial charge on any atom is 0.416 e. The average Bonchev–Trinajstić information content (AvgIpc) is 3.23. The van der Waals surface area contributed by atoms with Crippen molar-refractivity contribution in [1.29, 1.82) is 0 Å². The largest absolute Gasteiger partial charge is 0.416 e. The molecule has 2 fully saturated rings. The number of nitrogens with one attached hydrogen (secondary N) is 1. The molecular weight excluding hydrogens is 443 g/mol. The van der Waals surface area contributed by atoms with Crippen molar-refractivity contribution in [3.05, 3.63) is 71.3 Å². The molecule has 2 aliphatic rings. The van der Waals surface area contributed by atoms with Gasteiger partial charge in [-0.3, -0.25) is 14.5 Å². The molecule has 0 aromatic heterocycles. The Labute approximate surface area is 197 Å². The molecule has 2 unspecified atom stereocenters. The first-order valence-electron chi connectivity index (χ1n) is 11.8. The fourth-order valence-corrected chi connectivity index (χ4v) is 4.83. The quantitative estimate of drug-likeness (QED) is 0.649. The van der Waals surface area contributed by atoms with Crippen LogP contribution in [0.1, 0.15) is 48.4 Å². The lowest BCUT2D eigenvalue weighted by molar-refractivity contribution is -0.137. The first-order valence-corrected chi connectivity index (χ1v) is 11.8. The van der Waals surface area contributed by atoms with Crippen LogP contribution in [0, 0.1) is 5.92 Å². The van der Waals surface area contributed by atoms with Crippen molar-refractivity contribution in [2.75, 3.05) is 26.2 Å². The van der Waals surface area contributed by atoms with Gasteiger partial charge in [0, 0.05) is 32.6 Å². The molecule has 2 aromatic rings. The first-order chi connectivity index (χ1) is 16.3. The first kappa shape index (κ1) is 24.3. The van der Waals surface area contributed by atoms with Crippen molar-refractivity contribution in [2.24, 2.45) is 5.92 Å². The summed E-state index contributed by atoms with van der Waals surface area (Å²) in [6.45, 7) is 2.98. The number of halogens is 3. The molecule has 1 N–H and O–H groups in total. The molecule has 0 saturated carbocycles. The summed E-state index contributed by atoms with van der Waals surface area (Å²) < 4.78 is 39.9. The second-order valence-corrected chi connectivity index (χ2v) is 9.19. The SMILES string of the molecule is O=C(NC(CN1CCCC1=O)c1cccc(C(F)(F)F)c1)C1CCCN(Cc2ccccc2)C1. The Bertz CT molecular complexity index is 996. The summed E-state index contributed by atoms with van der Waals surface area (Å²) in [6.07, 6.45) is -1.71. The molecule has 2 heterocycles. The predicted molar refractivity (Wildman–Crippen MR) is 123 cm³/mol. The number of amides is 2. The Hall–Kier alpha value is -2.87. The molecule has 0 aliphatic carbocycles. The van der Waals surface area contributed by atoms with Crippen LogP contribution < -0.4 is 5.32 Å². The van der Waals surface area contributed by atoms with Crippen LogP contribution in [0.5, 0.6) is 0 Å². The highest BCUT2D eigenvalue weighted by atomic mass is 19.4. The van der Waals surface area contributed by atoms with E-state index >= 15 is 0 Å². The number of nitrogens with zero attached hydrogens (tertiary/aromatic N) is 2. The lowest BCUT2D eigenvalue weighted by Crippen LogP contribution is -2.46. The van der Waals surface area contributed by atoms with Gasteiger partial charge in [-0.1, -0.05) is 42.5 Å². The highest BCUT2D eigenvalue weighted by molar-refractivity contribution is 5.80. The number of carbonyl (C=O) groups excluding carboxylic acids is 2. The van der Waals surface area contributed by atoms with Crippen LogP contribution in [-0.2, 0) is 22.3 Å². The molecule has 2 saturated heterocycles. The molecular formula is C26H30F3N3O2. The van der Waals surface area contributed by atoms with Crippen LogP contribution in [0.2, 0.25) is 0 Å². The summed E-state index contributed by atoms with van der Waals surface area (Å²) in [4.78, 5) is 29.3. The third-order valence-electron chi connectivity index (χ3n) is 6.63. The van der Waals surface area contributed by atoms with Crippen LogP contribution in [-0.4, -0.2) is 47.8 Å². The van der Waals surface area contributed by atoms with Gasteiger partial charge >= 0.3 is 6.18 Å². The molecule has 4 rings (SSSR count). The van der Waals surface area contributed by atoms with Gasteiger partial charge in [0.2, 0.25) is 11.8 Å². The van der Waals surface area contributed by atoms with Crippen molar-refractivity contribution in [1.82, 2.24) is 15.1 Å². The molecule has 2 amide bonds. The van der Waals surface area contributed by atoms with E-state index in [-0.39, 0.29) is 24.3 Å². The summed E-state index contributed by atoms with van der Waals surface area (Å²) in [5.74, 6) is -0.454. The van der Waals surface area contributed by atoms with Crippen molar-refractivity contribution in [3.8, 4) is 0 Å². The second kappa shape index (κ2) is 10.6. The van der Waals surface area contributed by atoms with Crippen LogP contribution in [0.3, 0.4) is 0 Å². The molecule has 182 valence electrons. The van der Waals surface area contributed by atoms with Crippen LogP contribution in [0.15, 0.2) is 54.6 Å². The Morgan fingerprint density at radius 1 is 1.06 bits per heavy atom. The summed E-state index contributed by atoms with van der Waals surface area (Å²) in [5, 5.41) is 2.99. The second-order valence-electron chi connectivity index (χ2n) is 9.19. The number of rotatable bonds is 7. The van der Waals surface area contributed by atoms with Crippen molar-refractivity contribution in [3.63, 3.8) is 0 Å². The molecule has 0 radical (unpaired) electrons. The van der Waals surface area contributed by atoms with Gasteiger partial charge in [-0.15, -0.1) is 0 Å². The van der Waals surface area contributed by atoms with Gasteiger partial charge in [0.25, 0.3) is 0 Å². The molecule has 5 nitrogen and oxygen atoms in total. The zero-order valence-corrected chi connectivity index (χ0v) is 19.1. The van der Waals surface area contributed by atoms with Gasteiger partial charge < -0.3 is 10.2 Å². The zero-order valence-electron chi connectivity index (χ0n) is 19.1. The summed E-state index contributed by atoms with van der Waals surface area (Å²) in [6, 6.07) is 14.4. The van der Waals surface area contributed by atoms with Gasteiger partial charge in [0.05, 0.1) is 17.5 Å². The van der Waals surface area contributed by atoms with E-state index < -0.39 is 17.8 Å². The van der Waals surface area contributed by atoms with Crippen molar-refractivity contribution in [2.45, 2.75) is 44.4 Å². The Morgan fingerprint density at radius 3 is 2.56 bits per heavy atom. The normalized spacial score (nSPS) is 20.4. The van der Waals surface area contributed by atoms with Gasteiger partial charge in [0.1, 0.15) is 0 Å². The maximum absolute atomic E-state index is 13.3. The van der Waals surface area contributed by atoms with Crippen LogP contribution in [0.25, 0.3) is 0 Å². The molecule has 8 heteroatoms. The number of benzene rings is 2. The van der Waals surface area contributed by atoms with Gasteiger partial charge in [-0.05, 0) is 49.1 Å². The minimum absolute atomic E-state index is 0.0297. The maximum atomic E-state index is 13.3. The average molecular weight is 474 g/mol. The number of hydrogen-bond acceptors (Lipinski definition) is 3. The predicted octanol–water partition coefficient (Wildman–Crippen LogP) is 4.40. The van der Waals surface area contributed by atoms with E-state index in [1.54, 1.807) is 11.0 Å². The van der Waals surface area contributed by atoms with Crippen molar-refractivity contribution < 1.29 is 22.8 Å². The lowest BCUT2D eigenvalue weighted by atomic mass is 9.95. The standard InChI is InChI=1S/C26H30F3N3O2/c27-26(28,29)22-11-4-9-20(15-22)23(18-32-14-6-12-24(32)33)30-25(34)21-10-5-13-31(17-21)16-19-7-2-1-3-8-19/h1-4,7-9,11,15,21,23H,5-6,10,12-14,16-18H2,(H,30,34). The van der Waals surface area contributed by atoms with E-state index in [2.05, 4.69) is 22.3 Å². The third kappa shape index (κ3) is 6.17. The fourth-order valence-electron chi connectivity index (χ4n) is 4.83. The van der Waals surface area contributed by atoms with Crippen LogP contribution in [0.4, 0.5) is 13.2 Å². The Kier molecular flexibility index (Phi) is 7.56. The smallest absolute Gasteiger partial charge is 0.347 e. The molecule has 34 heavy (non-hydrogen) atoms. The summed E-state index contributed by atoms with van der Waals surface area (Å²) in [5.41, 5.74) is 0.779. The highest BCUT2D eigenvalue weighted by Gasteiger charge is 2.33. The van der Waals surface area contributed by atoms with E-state index in [0.717, 1.165) is 44.5 Å². The van der Waals surface area contributed by atoms with E-state index in [4.69, 9.17) is 0 Å². The Balaban J connectivity index is 1.48. The molecule has 2 aliphatic heterocycles. The number of piperidine rings is 1. The van der Waals surface area contributed by atoms with Gasteiger partial charge in [-0.2, -0.15) is 13.2 Å². The minimum Gasteiger partial charge on any atom is -0.347 e. The fraction of sp³-hybridized carbons (Fsp3) is 0.462. The lowest BCUT2D eigenvalue weighted by Gasteiger charge is -2.33. The van der Waals surface area contributed by atoms with E-state index in [1.807, 2.05) is 18.2 Å². The summed E-state index contributed by atoms with van der Waals surface area (Å²) >= 11 is 0. The van der Waals surface area contributed by atoms with E-state index in [0.29, 0.717) is 25.1 Å². The number of alkyl halides is 3. The van der Waals surface area contributed by atoms with E-state index in [9.17, 15) is 22.8 Å². The number of hydrogen-bond donors (Lipinski definition) is 1. The molecule has 2 atom stereocenters. The molecule has 0 spiro atoms. The number of likely N-dealkylation sites (tertiary alicyclic amines) is 2. The highest BCUT2D eigenvalue weighted by Crippen LogP contribution is 2.31. The summed E-state index contributed by atoms with van der Waals surface area (Å²) in [7, 11) is 0. The van der Waals surface area contributed by atoms with Gasteiger partial charge in [-0.25, -0.2) is 0 Å². The monoisotopic (exact) mass is 473 g/mol. The van der Waals surface area contributed by atoms with Crippen molar-refractivity contribution >= 4 is 11.8 Å².